The van der Waals surface area contributed by atoms with Crippen LogP contribution in [0.5, 0.6) is 5.75 Å². The normalized spacial score (nSPS) is 23.9. The third-order valence-electron chi connectivity index (χ3n) is 6.06. The second kappa shape index (κ2) is 9.47. The fourth-order valence-corrected chi connectivity index (χ4v) is 4.50. The molecular formula is C24H28ClNO3. The van der Waals surface area contributed by atoms with Crippen LogP contribution in [0.4, 0.5) is 0 Å². The molecule has 2 bridgehead atoms. The van der Waals surface area contributed by atoms with E-state index >= 15 is 0 Å². The van der Waals surface area contributed by atoms with Gasteiger partial charge in [0.1, 0.15) is 11.9 Å². The lowest BCUT2D eigenvalue weighted by atomic mass is 9.99. The predicted molar refractivity (Wildman–Crippen MR) is 118 cm³/mol. The van der Waals surface area contributed by atoms with Crippen molar-refractivity contribution >= 4 is 30.0 Å². The predicted octanol–water partition coefficient (Wildman–Crippen LogP) is 4.83. The molecule has 2 aromatic carbocycles. The Morgan fingerprint density at radius 1 is 1.00 bits per heavy atom. The van der Waals surface area contributed by atoms with Crippen molar-refractivity contribution in [1.82, 2.24) is 4.90 Å². The second-order valence-electron chi connectivity index (χ2n) is 7.72. The first-order valence-corrected chi connectivity index (χ1v) is 9.98. The zero-order chi connectivity index (χ0) is 19.5. The van der Waals surface area contributed by atoms with Crippen LogP contribution in [-0.4, -0.2) is 43.2 Å². The van der Waals surface area contributed by atoms with E-state index in [1.165, 1.54) is 12.8 Å². The van der Waals surface area contributed by atoms with Crippen molar-refractivity contribution in [2.75, 3.05) is 14.2 Å². The van der Waals surface area contributed by atoms with Crippen molar-refractivity contribution in [3.05, 3.63) is 65.7 Å². The molecule has 2 aliphatic heterocycles. The molecule has 3 atom stereocenters. The lowest BCUT2D eigenvalue weighted by Gasteiger charge is -2.35. The molecule has 5 heteroatoms. The van der Waals surface area contributed by atoms with Gasteiger partial charge in [-0.2, -0.15) is 0 Å². The van der Waals surface area contributed by atoms with Crippen LogP contribution in [0.15, 0.2) is 54.6 Å². The van der Waals surface area contributed by atoms with Crippen molar-refractivity contribution in [2.45, 2.75) is 43.9 Å². The van der Waals surface area contributed by atoms with Crippen LogP contribution >= 0.6 is 12.4 Å². The van der Waals surface area contributed by atoms with E-state index in [-0.39, 0.29) is 24.5 Å². The molecule has 0 saturated carbocycles. The van der Waals surface area contributed by atoms with E-state index in [2.05, 4.69) is 11.9 Å². The number of nitrogens with zero attached hydrogens (tertiary/aromatic N) is 1. The van der Waals surface area contributed by atoms with Gasteiger partial charge in [-0.3, -0.25) is 0 Å². The molecule has 2 aliphatic rings. The van der Waals surface area contributed by atoms with Gasteiger partial charge in [-0.1, -0.05) is 48.5 Å². The summed E-state index contributed by atoms with van der Waals surface area (Å²) in [5.74, 6) is 0.396. The zero-order valence-corrected chi connectivity index (χ0v) is 17.7. The molecule has 4 nitrogen and oxygen atoms in total. The average Bonchev–Trinajstić information content (AvgIpc) is 2.93. The number of para-hydroxylation sites is 1. The lowest BCUT2D eigenvalue weighted by molar-refractivity contribution is -0.145. The van der Waals surface area contributed by atoms with Gasteiger partial charge in [0.2, 0.25) is 0 Å². The minimum absolute atomic E-state index is 0. The number of fused-ring (bicyclic) bond motifs is 2. The first-order valence-electron chi connectivity index (χ1n) is 9.98. The van der Waals surface area contributed by atoms with Crippen LogP contribution in [0.1, 0.15) is 36.8 Å². The van der Waals surface area contributed by atoms with Crippen molar-refractivity contribution in [3.63, 3.8) is 0 Å². The maximum Gasteiger partial charge on any atom is 0.339 e. The fraction of sp³-hybridized carbons (Fsp3) is 0.375. The summed E-state index contributed by atoms with van der Waals surface area (Å²) in [5, 5.41) is 0. The van der Waals surface area contributed by atoms with Crippen LogP contribution in [0, 0.1) is 0 Å². The molecule has 4 rings (SSSR count). The first kappa shape index (κ1) is 21.4. The van der Waals surface area contributed by atoms with Gasteiger partial charge in [-0.25, -0.2) is 4.79 Å². The van der Waals surface area contributed by atoms with Crippen LogP contribution < -0.4 is 4.74 Å². The Hall–Kier alpha value is -2.30. The number of rotatable bonds is 5. The highest BCUT2D eigenvalue weighted by atomic mass is 35.5. The zero-order valence-electron chi connectivity index (χ0n) is 16.9. The summed E-state index contributed by atoms with van der Waals surface area (Å²) < 4.78 is 11.5. The Morgan fingerprint density at radius 3 is 2.28 bits per heavy atom. The first-order chi connectivity index (χ1) is 13.7. The molecule has 2 fully saturated rings. The Labute approximate surface area is 178 Å². The van der Waals surface area contributed by atoms with Crippen LogP contribution in [0.25, 0.3) is 11.6 Å². The largest absolute Gasteiger partial charge is 0.496 e. The summed E-state index contributed by atoms with van der Waals surface area (Å²) in [4.78, 5) is 15.7. The van der Waals surface area contributed by atoms with E-state index in [1.54, 1.807) is 7.11 Å². The van der Waals surface area contributed by atoms with E-state index in [1.807, 2.05) is 60.7 Å². The van der Waals surface area contributed by atoms with Crippen molar-refractivity contribution in [2.24, 2.45) is 0 Å². The summed E-state index contributed by atoms with van der Waals surface area (Å²) in [6.07, 6.45) is 6.12. The van der Waals surface area contributed by atoms with Crippen molar-refractivity contribution in [1.29, 1.82) is 0 Å². The standard InChI is InChI=1S/C24H27NO3.ClH/c1-25-18-12-13-19(25)16-20(15-18)28-24(26)22(14-17-8-4-3-5-9-17)21-10-6-7-11-23(21)27-2;/h3-11,14,18-20H,12-13,15-16H2,1-2H3;1H/b22-14+;/t18-,19+,20?;. The van der Waals surface area contributed by atoms with E-state index in [9.17, 15) is 4.79 Å². The van der Waals surface area contributed by atoms with E-state index in [0.29, 0.717) is 23.4 Å². The smallest absolute Gasteiger partial charge is 0.339 e. The molecule has 2 aromatic rings. The summed E-state index contributed by atoms with van der Waals surface area (Å²) in [6, 6.07) is 18.5. The molecule has 0 spiro atoms. The molecular weight excluding hydrogens is 386 g/mol. The molecule has 154 valence electrons. The SMILES string of the molecule is COc1ccccc1/C(=C\c1ccccc1)C(=O)OC1C[C@H]2CC[C@@H](C1)N2C.Cl. The summed E-state index contributed by atoms with van der Waals surface area (Å²) in [6.45, 7) is 0. The van der Waals surface area contributed by atoms with Crippen molar-refractivity contribution < 1.29 is 14.3 Å². The average molecular weight is 414 g/mol. The highest BCUT2D eigenvalue weighted by molar-refractivity contribution is 6.22. The topological polar surface area (TPSA) is 38.8 Å². The van der Waals surface area contributed by atoms with E-state index in [0.717, 1.165) is 24.0 Å². The second-order valence-corrected chi connectivity index (χ2v) is 7.72. The molecule has 29 heavy (non-hydrogen) atoms. The number of carbonyl (C=O) groups is 1. The van der Waals surface area contributed by atoms with Crippen molar-refractivity contribution in [3.8, 4) is 5.75 Å². The van der Waals surface area contributed by atoms with Crippen LogP contribution in [0.3, 0.4) is 0 Å². The quantitative estimate of drug-likeness (QED) is 0.400. The van der Waals surface area contributed by atoms with Gasteiger partial charge in [0, 0.05) is 30.5 Å². The van der Waals surface area contributed by atoms with Crippen LogP contribution in [-0.2, 0) is 9.53 Å². The number of carbonyl (C=O) groups excluding carboxylic acids is 1. The Balaban J connectivity index is 0.00000240. The van der Waals surface area contributed by atoms with Gasteiger partial charge in [0.05, 0.1) is 12.7 Å². The number of hydrogen-bond acceptors (Lipinski definition) is 4. The maximum atomic E-state index is 13.2. The van der Waals surface area contributed by atoms with E-state index < -0.39 is 0 Å². The van der Waals surface area contributed by atoms with E-state index in [4.69, 9.17) is 9.47 Å². The number of methoxy groups -OCH3 is 1. The Bertz CT molecular complexity index is 853. The van der Waals surface area contributed by atoms with Gasteiger partial charge in [0.25, 0.3) is 0 Å². The third kappa shape index (κ3) is 4.65. The van der Waals surface area contributed by atoms with Gasteiger partial charge >= 0.3 is 5.97 Å². The summed E-state index contributed by atoms with van der Waals surface area (Å²) in [7, 11) is 3.81. The number of esters is 1. The van der Waals surface area contributed by atoms with Crippen LogP contribution in [0.2, 0.25) is 0 Å². The molecule has 0 radical (unpaired) electrons. The third-order valence-corrected chi connectivity index (χ3v) is 6.06. The fourth-order valence-electron chi connectivity index (χ4n) is 4.50. The Morgan fingerprint density at radius 2 is 1.62 bits per heavy atom. The highest BCUT2D eigenvalue weighted by Gasteiger charge is 2.40. The number of piperidine rings is 1. The number of hydrogen-bond donors (Lipinski definition) is 0. The van der Waals surface area contributed by atoms with Gasteiger partial charge in [0.15, 0.2) is 0 Å². The van der Waals surface area contributed by atoms with Gasteiger partial charge in [-0.15, -0.1) is 12.4 Å². The Kier molecular flexibility index (Phi) is 6.99. The molecule has 1 unspecified atom stereocenters. The molecule has 2 saturated heterocycles. The number of ether oxygens (including phenoxy) is 2. The van der Waals surface area contributed by atoms with Gasteiger partial charge in [-0.05, 0) is 37.6 Å². The molecule has 0 aromatic heterocycles. The number of benzene rings is 2. The number of halogens is 1. The molecule has 0 amide bonds. The monoisotopic (exact) mass is 413 g/mol. The van der Waals surface area contributed by atoms with Gasteiger partial charge < -0.3 is 14.4 Å². The summed E-state index contributed by atoms with van der Waals surface area (Å²) >= 11 is 0. The molecule has 0 N–H and O–H groups in total. The maximum absolute atomic E-state index is 13.2. The molecule has 0 aliphatic carbocycles. The minimum Gasteiger partial charge on any atom is -0.496 e. The summed E-state index contributed by atoms with van der Waals surface area (Å²) in [5.41, 5.74) is 2.26. The molecule has 2 heterocycles. The highest BCUT2D eigenvalue weighted by Crippen LogP contribution is 2.36. The minimum atomic E-state index is -0.276. The lowest BCUT2D eigenvalue weighted by Crippen LogP contribution is -2.43.